The van der Waals surface area contributed by atoms with Gasteiger partial charge in [0, 0.05) is 12.6 Å². The second-order valence-corrected chi connectivity index (χ2v) is 5.83. The van der Waals surface area contributed by atoms with Crippen molar-refractivity contribution in [2.45, 2.75) is 52.0 Å². The minimum atomic E-state index is -0.217. The molecule has 1 amide bonds. The minimum absolute atomic E-state index is 0.215. The number of amides is 1. The molecule has 2 saturated carbocycles. The number of carbonyl (C=O) groups is 1. The maximum Gasteiger partial charge on any atom is 0.227 e. The van der Waals surface area contributed by atoms with E-state index in [1.165, 1.54) is 6.42 Å². The number of nitrogens with two attached hydrogens (primary N) is 1. The van der Waals surface area contributed by atoms with E-state index in [1.54, 1.807) is 0 Å². The Morgan fingerprint density at radius 3 is 2.44 bits per heavy atom. The number of hydrogen-bond donors (Lipinski definition) is 2. The van der Waals surface area contributed by atoms with E-state index in [2.05, 4.69) is 19.2 Å². The number of nitrogens with one attached hydrogen (secondary N) is 1. The standard InChI is InChI=1S/C13H24N2O/c1-9-4-5-11(10(9)2)15-12(16)13(8-14)6-3-7-13/h9-11H,3-8,14H2,1-2H3,(H,15,16). The van der Waals surface area contributed by atoms with Gasteiger partial charge in [-0.25, -0.2) is 0 Å². The molecule has 92 valence electrons. The van der Waals surface area contributed by atoms with Crippen molar-refractivity contribution < 1.29 is 4.79 Å². The summed E-state index contributed by atoms with van der Waals surface area (Å²) in [7, 11) is 0. The van der Waals surface area contributed by atoms with Gasteiger partial charge in [-0.15, -0.1) is 0 Å². The third kappa shape index (κ3) is 1.86. The van der Waals surface area contributed by atoms with Crippen LogP contribution < -0.4 is 11.1 Å². The van der Waals surface area contributed by atoms with Crippen molar-refractivity contribution in [2.24, 2.45) is 23.0 Å². The van der Waals surface area contributed by atoms with Gasteiger partial charge in [-0.1, -0.05) is 20.3 Å². The predicted molar refractivity (Wildman–Crippen MR) is 64.8 cm³/mol. The maximum absolute atomic E-state index is 12.2. The van der Waals surface area contributed by atoms with Crippen molar-refractivity contribution in [1.82, 2.24) is 5.32 Å². The molecule has 0 heterocycles. The summed E-state index contributed by atoms with van der Waals surface area (Å²) < 4.78 is 0. The number of hydrogen-bond acceptors (Lipinski definition) is 2. The second kappa shape index (κ2) is 4.36. The molecule has 3 atom stereocenters. The van der Waals surface area contributed by atoms with E-state index in [0.29, 0.717) is 18.5 Å². The van der Waals surface area contributed by atoms with Gasteiger partial charge in [0.1, 0.15) is 0 Å². The lowest BCUT2D eigenvalue weighted by molar-refractivity contribution is -0.136. The molecule has 3 heteroatoms. The number of rotatable bonds is 3. The van der Waals surface area contributed by atoms with Crippen molar-refractivity contribution in [2.75, 3.05) is 6.54 Å². The van der Waals surface area contributed by atoms with Crippen molar-refractivity contribution in [3.63, 3.8) is 0 Å². The lowest BCUT2D eigenvalue weighted by Gasteiger charge is -2.40. The molecule has 2 aliphatic rings. The summed E-state index contributed by atoms with van der Waals surface area (Å²) in [5.74, 6) is 1.56. The molecular formula is C13H24N2O. The van der Waals surface area contributed by atoms with Gasteiger partial charge in [0.25, 0.3) is 0 Å². The Labute approximate surface area is 98.2 Å². The van der Waals surface area contributed by atoms with Gasteiger partial charge < -0.3 is 11.1 Å². The summed E-state index contributed by atoms with van der Waals surface area (Å²) >= 11 is 0. The molecule has 3 nitrogen and oxygen atoms in total. The molecule has 0 bridgehead atoms. The van der Waals surface area contributed by atoms with Crippen molar-refractivity contribution in [3.05, 3.63) is 0 Å². The smallest absolute Gasteiger partial charge is 0.227 e. The molecule has 0 radical (unpaired) electrons. The van der Waals surface area contributed by atoms with Gasteiger partial charge in [0.05, 0.1) is 5.41 Å². The Morgan fingerprint density at radius 2 is 2.06 bits per heavy atom. The van der Waals surface area contributed by atoms with Crippen LogP contribution in [-0.4, -0.2) is 18.5 Å². The first-order chi connectivity index (χ1) is 7.59. The normalized spacial score (nSPS) is 36.8. The summed E-state index contributed by atoms with van der Waals surface area (Å²) in [5.41, 5.74) is 5.53. The molecule has 0 saturated heterocycles. The fourth-order valence-electron chi connectivity index (χ4n) is 3.02. The van der Waals surface area contributed by atoms with E-state index in [9.17, 15) is 4.79 Å². The average Bonchev–Trinajstić information content (AvgIpc) is 2.49. The van der Waals surface area contributed by atoms with Crippen LogP contribution >= 0.6 is 0 Å². The van der Waals surface area contributed by atoms with E-state index in [-0.39, 0.29) is 11.3 Å². The highest BCUT2D eigenvalue weighted by Crippen LogP contribution is 2.41. The molecule has 0 aromatic carbocycles. The summed E-state index contributed by atoms with van der Waals surface area (Å²) in [5, 5.41) is 3.23. The summed E-state index contributed by atoms with van der Waals surface area (Å²) in [6.45, 7) is 5.03. The predicted octanol–water partition coefficient (Wildman–Crippen LogP) is 1.67. The van der Waals surface area contributed by atoms with Gasteiger partial charge in [-0.3, -0.25) is 4.79 Å². The van der Waals surface area contributed by atoms with Crippen LogP contribution in [0.15, 0.2) is 0 Å². The highest BCUT2D eigenvalue weighted by molar-refractivity contribution is 5.84. The quantitative estimate of drug-likeness (QED) is 0.766. The molecule has 0 aromatic heterocycles. The van der Waals surface area contributed by atoms with Gasteiger partial charge in [-0.2, -0.15) is 0 Å². The molecule has 0 aliphatic heterocycles. The highest BCUT2D eigenvalue weighted by atomic mass is 16.2. The Bertz CT molecular complexity index is 268. The Hall–Kier alpha value is -0.570. The maximum atomic E-state index is 12.2. The van der Waals surface area contributed by atoms with Gasteiger partial charge in [0.2, 0.25) is 5.91 Å². The molecule has 2 aliphatic carbocycles. The monoisotopic (exact) mass is 224 g/mol. The van der Waals surface area contributed by atoms with Crippen LogP contribution in [0.25, 0.3) is 0 Å². The summed E-state index contributed by atoms with van der Waals surface area (Å²) in [4.78, 5) is 12.2. The van der Waals surface area contributed by atoms with Crippen LogP contribution in [0.3, 0.4) is 0 Å². The Morgan fingerprint density at radius 1 is 1.38 bits per heavy atom. The van der Waals surface area contributed by atoms with Crippen LogP contribution in [0.2, 0.25) is 0 Å². The SMILES string of the molecule is CC1CCC(NC(=O)C2(CN)CCC2)C1C. The summed E-state index contributed by atoms with van der Waals surface area (Å²) in [6, 6.07) is 0.381. The van der Waals surface area contributed by atoms with Crippen LogP contribution in [0, 0.1) is 17.3 Å². The topological polar surface area (TPSA) is 55.1 Å². The first-order valence-electron chi connectivity index (χ1n) is 6.60. The molecule has 0 spiro atoms. The molecule has 0 aromatic rings. The zero-order valence-electron chi connectivity index (χ0n) is 10.5. The van der Waals surface area contributed by atoms with E-state index >= 15 is 0 Å². The Balaban J connectivity index is 1.92. The lowest BCUT2D eigenvalue weighted by Crippen LogP contribution is -2.53. The number of carbonyl (C=O) groups excluding carboxylic acids is 1. The van der Waals surface area contributed by atoms with E-state index < -0.39 is 0 Å². The zero-order valence-corrected chi connectivity index (χ0v) is 10.5. The fourth-order valence-corrected chi connectivity index (χ4v) is 3.02. The van der Waals surface area contributed by atoms with Gasteiger partial charge >= 0.3 is 0 Å². The van der Waals surface area contributed by atoms with Gasteiger partial charge in [-0.05, 0) is 37.5 Å². The van der Waals surface area contributed by atoms with Gasteiger partial charge in [0.15, 0.2) is 0 Å². The second-order valence-electron chi connectivity index (χ2n) is 5.83. The van der Waals surface area contributed by atoms with E-state index in [1.807, 2.05) is 0 Å². The molecular weight excluding hydrogens is 200 g/mol. The molecule has 2 fully saturated rings. The molecule has 16 heavy (non-hydrogen) atoms. The van der Waals surface area contributed by atoms with Crippen molar-refractivity contribution >= 4 is 5.91 Å². The summed E-state index contributed by atoms with van der Waals surface area (Å²) in [6.07, 6.45) is 5.48. The zero-order chi connectivity index (χ0) is 11.8. The highest BCUT2D eigenvalue weighted by Gasteiger charge is 2.44. The van der Waals surface area contributed by atoms with Crippen molar-refractivity contribution in [1.29, 1.82) is 0 Å². The fraction of sp³-hybridized carbons (Fsp3) is 0.923. The van der Waals surface area contributed by atoms with Crippen LogP contribution in [0.5, 0.6) is 0 Å². The third-order valence-corrected chi connectivity index (χ3v) is 4.96. The van der Waals surface area contributed by atoms with Crippen molar-refractivity contribution in [3.8, 4) is 0 Å². The minimum Gasteiger partial charge on any atom is -0.353 e. The largest absolute Gasteiger partial charge is 0.353 e. The molecule has 3 unspecified atom stereocenters. The van der Waals surface area contributed by atoms with Crippen LogP contribution in [-0.2, 0) is 4.79 Å². The lowest BCUT2D eigenvalue weighted by atomic mass is 9.68. The van der Waals surface area contributed by atoms with Crippen LogP contribution in [0.4, 0.5) is 0 Å². The first kappa shape index (κ1) is 11.9. The van der Waals surface area contributed by atoms with E-state index in [0.717, 1.165) is 31.6 Å². The molecule has 2 rings (SSSR count). The van der Waals surface area contributed by atoms with Crippen LogP contribution in [0.1, 0.15) is 46.0 Å². The third-order valence-electron chi connectivity index (χ3n) is 4.96. The Kier molecular flexibility index (Phi) is 3.24. The average molecular weight is 224 g/mol. The van der Waals surface area contributed by atoms with E-state index in [4.69, 9.17) is 5.73 Å². The first-order valence-corrected chi connectivity index (χ1v) is 6.60. The molecule has 3 N–H and O–H groups in total.